The zero-order chi connectivity index (χ0) is 17.7. The highest BCUT2D eigenvalue weighted by Gasteiger charge is 2.40. The second-order valence-corrected chi connectivity index (χ2v) is 6.88. The topological polar surface area (TPSA) is 96.5 Å². The van der Waals surface area contributed by atoms with E-state index in [0.29, 0.717) is 36.7 Å². The molecule has 3 heterocycles. The predicted molar refractivity (Wildman–Crippen MR) is 89.6 cm³/mol. The zero-order valence-corrected chi connectivity index (χ0v) is 14.2. The Labute approximate surface area is 144 Å². The van der Waals surface area contributed by atoms with Crippen LogP contribution < -0.4 is 5.43 Å². The minimum absolute atomic E-state index is 0.0463. The Morgan fingerprint density at radius 1 is 1.36 bits per heavy atom. The van der Waals surface area contributed by atoms with Crippen molar-refractivity contribution in [3.8, 4) is 11.3 Å². The molecule has 130 valence electrons. The standard InChI is InChI=1S/C18H19N3O4/c1-9-17(10(2)25-20-9)15-5-16(22)12-4-3-11-7-21(18(23)24)8-14(11)13(12)6-19-15/h5-6,11,14H,3-4,7-8H2,1-2H3,(H,23,24)/t11?,14-/m0/s1. The smallest absolute Gasteiger partial charge is 0.407 e. The van der Waals surface area contributed by atoms with Crippen molar-refractivity contribution < 1.29 is 14.4 Å². The third-order valence-electron chi connectivity index (χ3n) is 5.42. The van der Waals surface area contributed by atoms with E-state index in [2.05, 4.69) is 10.1 Å². The molecule has 1 aliphatic heterocycles. The van der Waals surface area contributed by atoms with E-state index in [1.807, 2.05) is 6.92 Å². The van der Waals surface area contributed by atoms with Crippen LogP contribution in [0.5, 0.6) is 0 Å². The number of likely N-dealkylation sites (tertiary alicyclic amines) is 1. The molecular formula is C18H19N3O4. The molecule has 4 rings (SSSR count). The maximum Gasteiger partial charge on any atom is 0.407 e. The Kier molecular flexibility index (Phi) is 3.59. The summed E-state index contributed by atoms with van der Waals surface area (Å²) in [5.74, 6) is 0.934. The molecular weight excluding hydrogens is 322 g/mol. The molecule has 1 aliphatic carbocycles. The van der Waals surface area contributed by atoms with Crippen LogP contribution in [0, 0.1) is 19.8 Å². The SMILES string of the molecule is Cc1noc(C)c1-c1cc(=O)c2c(cn1)[C@H]1CN(C(=O)O)CC1CC2. The number of rotatable bonds is 1. The highest BCUT2D eigenvalue weighted by atomic mass is 16.5. The van der Waals surface area contributed by atoms with Crippen molar-refractivity contribution >= 4 is 6.09 Å². The fourth-order valence-corrected chi connectivity index (χ4v) is 4.18. The molecule has 7 heteroatoms. The number of hydrogen-bond acceptors (Lipinski definition) is 5. The Morgan fingerprint density at radius 2 is 2.16 bits per heavy atom. The normalized spacial score (nSPS) is 21.8. The third kappa shape index (κ3) is 2.50. The number of aryl methyl sites for hydroxylation is 2. The van der Waals surface area contributed by atoms with Gasteiger partial charge in [0.2, 0.25) is 0 Å². The van der Waals surface area contributed by atoms with E-state index in [4.69, 9.17) is 4.52 Å². The predicted octanol–water partition coefficient (Wildman–Crippen LogP) is 2.35. The van der Waals surface area contributed by atoms with Gasteiger partial charge in [0.25, 0.3) is 0 Å². The van der Waals surface area contributed by atoms with E-state index in [-0.39, 0.29) is 17.3 Å². The zero-order valence-electron chi connectivity index (χ0n) is 14.2. The maximum absolute atomic E-state index is 12.8. The number of aromatic nitrogens is 2. The lowest BCUT2D eigenvalue weighted by Gasteiger charge is -2.24. The van der Waals surface area contributed by atoms with Gasteiger partial charge in [-0.2, -0.15) is 0 Å². The molecule has 0 spiro atoms. The largest absolute Gasteiger partial charge is 0.465 e. The Balaban J connectivity index is 1.82. The fraction of sp³-hybridized carbons (Fsp3) is 0.444. The molecule has 25 heavy (non-hydrogen) atoms. The van der Waals surface area contributed by atoms with Crippen LogP contribution in [-0.4, -0.2) is 39.3 Å². The molecule has 1 unspecified atom stereocenters. The molecule has 2 aromatic rings. The van der Waals surface area contributed by atoms with Gasteiger partial charge in [-0.15, -0.1) is 0 Å². The second-order valence-electron chi connectivity index (χ2n) is 6.88. The molecule has 2 aliphatic rings. The van der Waals surface area contributed by atoms with E-state index < -0.39 is 6.09 Å². The van der Waals surface area contributed by atoms with E-state index in [1.165, 1.54) is 4.90 Å². The third-order valence-corrected chi connectivity index (χ3v) is 5.42. The van der Waals surface area contributed by atoms with Crippen molar-refractivity contribution in [2.45, 2.75) is 32.6 Å². The van der Waals surface area contributed by atoms with Crippen molar-refractivity contribution in [2.24, 2.45) is 5.92 Å². The number of carboxylic acid groups (broad SMARTS) is 1. The summed E-state index contributed by atoms with van der Waals surface area (Å²) in [7, 11) is 0. The highest BCUT2D eigenvalue weighted by molar-refractivity contribution is 5.66. The van der Waals surface area contributed by atoms with Crippen LogP contribution in [0.3, 0.4) is 0 Å². The van der Waals surface area contributed by atoms with E-state index in [1.54, 1.807) is 19.2 Å². The lowest BCUT2D eigenvalue weighted by molar-refractivity contribution is 0.153. The van der Waals surface area contributed by atoms with Gasteiger partial charge in [0, 0.05) is 36.8 Å². The molecule has 0 saturated carbocycles. The van der Waals surface area contributed by atoms with Gasteiger partial charge < -0.3 is 14.5 Å². The lowest BCUT2D eigenvalue weighted by atomic mass is 9.78. The van der Waals surface area contributed by atoms with E-state index in [0.717, 1.165) is 23.1 Å². The molecule has 1 saturated heterocycles. The Hall–Kier alpha value is -2.70. The van der Waals surface area contributed by atoms with Crippen molar-refractivity contribution in [3.63, 3.8) is 0 Å². The quantitative estimate of drug-likeness (QED) is 0.855. The highest BCUT2D eigenvalue weighted by Crippen LogP contribution is 2.40. The molecule has 1 amide bonds. The van der Waals surface area contributed by atoms with Crippen molar-refractivity contribution in [2.75, 3.05) is 13.1 Å². The number of carbonyl (C=O) groups is 1. The first kappa shape index (κ1) is 15.8. The summed E-state index contributed by atoms with van der Waals surface area (Å²) in [6.07, 6.45) is 2.35. The minimum Gasteiger partial charge on any atom is -0.465 e. The molecule has 1 fully saturated rings. The minimum atomic E-state index is -0.900. The monoisotopic (exact) mass is 341 g/mol. The summed E-state index contributed by atoms with van der Waals surface area (Å²) in [5, 5.41) is 13.2. The Bertz CT molecular complexity index is 902. The van der Waals surface area contributed by atoms with Crippen LogP contribution in [0.15, 0.2) is 21.6 Å². The summed E-state index contributed by atoms with van der Waals surface area (Å²) in [6, 6.07) is 1.55. The average molecular weight is 341 g/mol. The summed E-state index contributed by atoms with van der Waals surface area (Å²) < 4.78 is 5.19. The van der Waals surface area contributed by atoms with Gasteiger partial charge in [-0.05, 0) is 38.2 Å². The molecule has 7 nitrogen and oxygen atoms in total. The molecule has 1 N–H and O–H groups in total. The number of fused-ring (bicyclic) bond motifs is 3. The van der Waals surface area contributed by atoms with Gasteiger partial charge in [-0.25, -0.2) is 4.79 Å². The van der Waals surface area contributed by atoms with Crippen LogP contribution in [0.1, 0.15) is 34.9 Å². The van der Waals surface area contributed by atoms with Gasteiger partial charge in [0.05, 0.1) is 17.0 Å². The maximum atomic E-state index is 12.8. The molecule has 0 aromatic carbocycles. The van der Waals surface area contributed by atoms with Crippen molar-refractivity contribution in [1.82, 2.24) is 15.0 Å². The summed E-state index contributed by atoms with van der Waals surface area (Å²) in [6.45, 7) is 4.58. The van der Waals surface area contributed by atoms with Crippen LogP contribution >= 0.6 is 0 Å². The van der Waals surface area contributed by atoms with Crippen molar-refractivity contribution in [1.29, 1.82) is 0 Å². The number of hydrogen-bond donors (Lipinski definition) is 1. The number of amides is 1. The first-order chi connectivity index (χ1) is 12.0. The second kappa shape index (κ2) is 5.68. The van der Waals surface area contributed by atoms with Gasteiger partial charge >= 0.3 is 6.09 Å². The summed E-state index contributed by atoms with van der Waals surface area (Å²) in [4.78, 5) is 30.1. The van der Waals surface area contributed by atoms with Gasteiger partial charge in [-0.3, -0.25) is 9.78 Å². The van der Waals surface area contributed by atoms with Crippen LogP contribution in [0.4, 0.5) is 4.79 Å². The summed E-state index contributed by atoms with van der Waals surface area (Å²) >= 11 is 0. The van der Waals surface area contributed by atoms with E-state index >= 15 is 0 Å². The molecule has 2 atom stereocenters. The average Bonchev–Trinajstić information content (AvgIpc) is 3.10. The fourth-order valence-electron chi connectivity index (χ4n) is 4.18. The van der Waals surface area contributed by atoms with Gasteiger partial charge in [0.15, 0.2) is 5.43 Å². The molecule has 0 bridgehead atoms. The van der Waals surface area contributed by atoms with E-state index in [9.17, 15) is 14.7 Å². The van der Waals surface area contributed by atoms with Crippen LogP contribution in [-0.2, 0) is 6.42 Å². The lowest BCUT2D eigenvalue weighted by Crippen LogP contribution is -2.26. The van der Waals surface area contributed by atoms with Gasteiger partial charge in [-0.1, -0.05) is 5.16 Å². The summed E-state index contributed by atoms with van der Waals surface area (Å²) in [5.41, 5.74) is 3.61. The Morgan fingerprint density at radius 3 is 2.84 bits per heavy atom. The first-order valence-corrected chi connectivity index (χ1v) is 8.40. The van der Waals surface area contributed by atoms with Crippen LogP contribution in [0.25, 0.3) is 11.3 Å². The molecule has 2 aromatic heterocycles. The van der Waals surface area contributed by atoms with Crippen molar-refractivity contribution in [3.05, 3.63) is 45.1 Å². The van der Waals surface area contributed by atoms with Crippen LogP contribution in [0.2, 0.25) is 0 Å². The first-order valence-electron chi connectivity index (χ1n) is 8.40. The number of nitrogens with zero attached hydrogens (tertiary/aromatic N) is 3. The van der Waals surface area contributed by atoms with Gasteiger partial charge in [0.1, 0.15) is 5.76 Å². The molecule has 0 radical (unpaired) electrons.